The van der Waals surface area contributed by atoms with Crippen LogP contribution in [0.3, 0.4) is 0 Å². The highest BCUT2D eigenvalue weighted by Crippen LogP contribution is 2.12. The number of aromatic nitrogens is 2. The minimum Gasteiger partial charge on any atom is -0.303 e. The number of nitrogens with zero attached hydrogens (tertiary/aromatic N) is 4. The monoisotopic (exact) mass is 330 g/mol. The van der Waals surface area contributed by atoms with Gasteiger partial charge in [0.25, 0.3) is 0 Å². The molecular weight excluding hydrogens is 308 g/mol. The maximum atomic E-state index is 8.86. The lowest BCUT2D eigenvalue weighted by molar-refractivity contribution is 0.364. The summed E-state index contributed by atoms with van der Waals surface area (Å²) in [5.41, 5.74) is 3.76. The van der Waals surface area contributed by atoms with Gasteiger partial charge in [-0.15, -0.1) is 0 Å². The van der Waals surface area contributed by atoms with Gasteiger partial charge in [-0.2, -0.15) is 5.26 Å². The molecule has 0 spiro atoms. The Hall–Kier alpha value is -3.16. The highest BCUT2D eigenvalue weighted by atomic mass is 15.1. The maximum Gasteiger partial charge on any atom is 0.0994 e. The second kappa shape index (κ2) is 9.21. The zero-order valence-corrected chi connectivity index (χ0v) is 14.5. The molecule has 0 N–H and O–H groups in total. The summed E-state index contributed by atoms with van der Waals surface area (Å²) in [5, 5.41) is 8.86. The van der Waals surface area contributed by atoms with Crippen molar-refractivity contribution in [3.63, 3.8) is 0 Å². The fourth-order valence-electron chi connectivity index (χ4n) is 2.43. The zero-order valence-electron chi connectivity index (χ0n) is 14.5. The summed E-state index contributed by atoms with van der Waals surface area (Å²) in [6.07, 6.45) is 13.0. The molecule has 0 atom stereocenters. The van der Waals surface area contributed by atoms with Gasteiger partial charge in [0.2, 0.25) is 0 Å². The third kappa shape index (κ3) is 5.45. The largest absolute Gasteiger partial charge is 0.303 e. The molecule has 2 rings (SSSR count). The molecule has 0 bridgehead atoms. The van der Waals surface area contributed by atoms with Crippen molar-refractivity contribution in [3.05, 3.63) is 91.1 Å². The molecule has 0 radical (unpaired) electrons. The standard InChI is InChI=1S/C21H22N4/c1-4-5-6-7-8-21-14-23-17-25(21)18(2)15-24(3)16-20-11-9-19(13-22)10-12-20/h4-12,14,17H,1-2,15-16H2,3H3/b6-5-,8-7-. The van der Waals surface area contributed by atoms with E-state index in [1.165, 1.54) is 0 Å². The summed E-state index contributed by atoms with van der Waals surface area (Å²) < 4.78 is 1.98. The number of likely N-dealkylation sites (N-methyl/N-ethyl adjacent to an activating group) is 1. The molecule has 0 saturated carbocycles. The zero-order chi connectivity index (χ0) is 18.1. The van der Waals surface area contributed by atoms with Gasteiger partial charge in [0.15, 0.2) is 0 Å². The molecule has 0 aliphatic carbocycles. The third-order valence-corrected chi connectivity index (χ3v) is 3.62. The van der Waals surface area contributed by atoms with Crippen molar-refractivity contribution in [2.45, 2.75) is 6.54 Å². The van der Waals surface area contributed by atoms with Gasteiger partial charge in [-0.3, -0.25) is 4.90 Å². The number of hydrogen-bond donors (Lipinski definition) is 0. The highest BCUT2D eigenvalue weighted by Gasteiger charge is 2.07. The summed E-state index contributed by atoms with van der Waals surface area (Å²) in [4.78, 5) is 6.39. The van der Waals surface area contributed by atoms with Crippen LogP contribution < -0.4 is 0 Å². The Balaban J connectivity index is 1.98. The molecular formula is C21H22N4. The molecule has 1 aromatic carbocycles. The molecule has 0 amide bonds. The molecule has 1 heterocycles. The molecule has 1 aromatic heterocycles. The number of hydrogen-bond acceptors (Lipinski definition) is 3. The molecule has 4 nitrogen and oxygen atoms in total. The first-order valence-corrected chi connectivity index (χ1v) is 7.98. The lowest BCUT2D eigenvalue weighted by Crippen LogP contribution is -2.21. The van der Waals surface area contributed by atoms with E-state index in [9.17, 15) is 0 Å². The Morgan fingerprint density at radius 3 is 2.72 bits per heavy atom. The fraction of sp³-hybridized carbons (Fsp3) is 0.143. The summed E-state index contributed by atoms with van der Waals surface area (Å²) in [7, 11) is 2.04. The topological polar surface area (TPSA) is 44.9 Å². The Kier molecular flexibility index (Phi) is 6.70. The first kappa shape index (κ1) is 18.2. The van der Waals surface area contributed by atoms with Crippen LogP contribution in [0.2, 0.25) is 0 Å². The van der Waals surface area contributed by atoms with Crippen molar-refractivity contribution in [2.24, 2.45) is 0 Å². The molecule has 0 aliphatic heterocycles. The number of allylic oxidation sites excluding steroid dienone is 4. The molecule has 2 aromatic rings. The van der Waals surface area contributed by atoms with Gasteiger partial charge in [0.05, 0.1) is 29.9 Å². The summed E-state index contributed by atoms with van der Waals surface area (Å²) in [5.74, 6) is 0. The molecule has 126 valence electrons. The van der Waals surface area contributed by atoms with E-state index in [4.69, 9.17) is 5.26 Å². The fourth-order valence-corrected chi connectivity index (χ4v) is 2.43. The van der Waals surface area contributed by atoms with E-state index in [0.29, 0.717) is 12.1 Å². The Morgan fingerprint density at radius 1 is 1.28 bits per heavy atom. The van der Waals surface area contributed by atoms with Crippen LogP contribution in [-0.4, -0.2) is 28.0 Å². The van der Waals surface area contributed by atoms with Crippen LogP contribution in [0.25, 0.3) is 11.8 Å². The van der Waals surface area contributed by atoms with E-state index in [1.54, 1.807) is 12.4 Å². The second-order valence-electron chi connectivity index (χ2n) is 5.72. The Bertz CT molecular complexity index is 816. The number of rotatable bonds is 8. The molecule has 0 unspecified atom stereocenters. The molecule has 0 saturated heterocycles. The Morgan fingerprint density at radius 2 is 2.04 bits per heavy atom. The van der Waals surface area contributed by atoms with Gasteiger partial charge in [-0.25, -0.2) is 4.98 Å². The van der Waals surface area contributed by atoms with Crippen molar-refractivity contribution in [1.29, 1.82) is 5.26 Å². The quantitative estimate of drug-likeness (QED) is 0.684. The second-order valence-corrected chi connectivity index (χ2v) is 5.72. The molecule has 0 aliphatic rings. The van der Waals surface area contributed by atoms with E-state index < -0.39 is 0 Å². The molecule has 0 fully saturated rings. The van der Waals surface area contributed by atoms with Crippen LogP contribution >= 0.6 is 0 Å². The minimum absolute atomic E-state index is 0.677. The van der Waals surface area contributed by atoms with Crippen molar-refractivity contribution < 1.29 is 0 Å². The van der Waals surface area contributed by atoms with Gasteiger partial charge in [0.1, 0.15) is 0 Å². The van der Waals surface area contributed by atoms with Crippen molar-refractivity contribution in [1.82, 2.24) is 14.5 Å². The van der Waals surface area contributed by atoms with Gasteiger partial charge in [-0.05, 0) is 30.8 Å². The van der Waals surface area contributed by atoms with Crippen molar-refractivity contribution >= 4 is 11.8 Å². The summed E-state index contributed by atoms with van der Waals surface area (Å²) >= 11 is 0. The average molecular weight is 330 g/mol. The summed E-state index contributed by atoms with van der Waals surface area (Å²) in [6.45, 7) is 9.32. The van der Waals surface area contributed by atoms with Gasteiger partial charge >= 0.3 is 0 Å². The van der Waals surface area contributed by atoms with Crippen LogP contribution in [-0.2, 0) is 6.54 Å². The summed E-state index contributed by atoms with van der Waals surface area (Å²) in [6, 6.07) is 9.78. The number of nitriles is 1. The lowest BCUT2D eigenvalue weighted by Gasteiger charge is -2.19. The third-order valence-electron chi connectivity index (χ3n) is 3.62. The van der Waals surface area contributed by atoms with Crippen LogP contribution in [0, 0.1) is 11.3 Å². The first-order valence-electron chi connectivity index (χ1n) is 7.98. The van der Waals surface area contributed by atoms with Gasteiger partial charge < -0.3 is 4.57 Å². The van der Waals surface area contributed by atoms with Crippen LogP contribution in [0.15, 0.2) is 74.3 Å². The predicted octanol–water partition coefficient (Wildman–Crippen LogP) is 4.11. The minimum atomic E-state index is 0.677. The number of benzene rings is 1. The highest BCUT2D eigenvalue weighted by molar-refractivity contribution is 5.55. The smallest absolute Gasteiger partial charge is 0.0994 e. The van der Waals surface area contributed by atoms with Gasteiger partial charge in [0, 0.05) is 18.8 Å². The SMILES string of the molecule is C=C/C=C\C=C/c1cncn1C(=C)CN(C)Cc1ccc(C#N)cc1. The van der Waals surface area contributed by atoms with Crippen LogP contribution in [0.1, 0.15) is 16.8 Å². The molecule has 4 heteroatoms. The number of imidazole rings is 1. The normalized spacial score (nSPS) is 11.2. The average Bonchev–Trinajstić information content (AvgIpc) is 3.08. The maximum absolute atomic E-state index is 8.86. The molecule has 25 heavy (non-hydrogen) atoms. The van der Waals surface area contributed by atoms with Crippen molar-refractivity contribution in [3.8, 4) is 6.07 Å². The predicted molar refractivity (Wildman–Crippen MR) is 103 cm³/mol. The first-order chi connectivity index (χ1) is 12.1. The van der Waals surface area contributed by atoms with Crippen molar-refractivity contribution in [2.75, 3.05) is 13.6 Å². The van der Waals surface area contributed by atoms with E-state index in [0.717, 1.165) is 23.5 Å². The van der Waals surface area contributed by atoms with E-state index >= 15 is 0 Å². The van der Waals surface area contributed by atoms with E-state index in [-0.39, 0.29) is 0 Å². The van der Waals surface area contributed by atoms with Gasteiger partial charge in [-0.1, -0.05) is 49.6 Å². The van der Waals surface area contributed by atoms with E-state index in [1.807, 2.05) is 66.4 Å². The Labute approximate surface area is 149 Å². The van der Waals surface area contributed by atoms with Crippen LogP contribution in [0.5, 0.6) is 0 Å². The lowest BCUT2D eigenvalue weighted by atomic mass is 10.1. The van der Waals surface area contributed by atoms with E-state index in [2.05, 4.69) is 29.1 Å². The van der Waals surface area contributed by atoms with Crippen LogP contribution in [0.4, 0.5) is 0 Å².